The minimum atomic E-state index is -4.88. The largest absolute Gasteiger partial charge is 0.619 e. The van der Waals surface area contributed by atoms with Crippen molar-refractivity contribution in [3.05, 3.63) is 89.4 Å². The van der Waals surface area contributed by atoms with Crippen LogP contribution in [0.25, 0.3) is 11.1 Å². The molecule has 3 aromatic rings. The van der Waals surface area contributed by atoms with Gasteiger partial charge in [0.25, 0.3) is 0 Å². The van der Waals surface area contributed by atoms with Gasteiger partial charge in [-0.2, -0.15) is 23.2 Å². The van der Waals surface area contributed by atoms with Crippen molar-refractivity contribution < 1.29 is 35.5 Å². The van der Waals surface area contributed by atoms with Crippen LogP contribution in [-0.2, 0) is 21.1 Å². The molecule has 0 unspecified atom stereocenters. The van der Waals surface area contributed by atoms with E-state index in [-0.39, 0.29) is 16.9 Å². The van der Waals surface area contributed by atoms with Gasteiger partial charge < -0.3 is 10.5 Å². The molecular formula is C29H30F4N4O4S. The average Bonchev–Trinajstić information content (AvgIpc) is 2.89. The molecule has 1 amide bonds. The molecule has 0 aliphatic carbocycles. The van der Waals surface area contributed by atoms with E-state index >= 15 is 0 Å². The molecular weight excluding hydrogens is 576 g/mol. The third-order valence-electron chi connectivity index (χ3n) is 6.31. The van der Waals surface area contributed by atoms with Gasteiger partial charge in [-0.3, -0.25) is 10.1 Å². The van der Waals surface area contributed by atoms with Crippen molar-refractivity contribution in [2.45, 2.75) is 61.6 Å². The molecule has 2 N–H and O–H groups in total. The highest BCUT2D eigenvalue weighted by Gasteiger charge is 2.44. The van der Waals surface area contributed by atoms with Gasteiger partial charge in [-0.25, -0.2) is 12.8 Å². The predicted molar refractivity (Wildman–Crippen MR) is 147 cm³/mol. The number of alkyl halides is 4. The Hall–Kier alpha value is -4.02. The monoisotopic (exact) mass is 606 g/mol. The van der Waals surface area contributed by atoms with E-state index < -0.39 is 52.1 Å². The second-order valence-electron chi connectivity index (χ2n) is 10.5. The van der Waals surface area contributed by atoms with Gasteiger partial charge >= 0.3 is 6.18 Å². The summed E-state index contributed by atoms with van der Waals surface area (Å²) in [5.41, 5.74) is -0.770. The van der Waals surface area contributed by atoms with Crippen molar-refractivity contribution in [1.82, 2.24) is 10.6 Å². The van der Waals surface area contributed by atoms with Crippen LogP contribution >= 0.6 is 0 Å². The smallest absolute Gasteiger partial charge is 0.407 e. The van der Waals surface area contributed by atoms with Crippen LogP contribution < -0.4 is 15.4 Å². The van der Waals surface area contributed by atoms with Crippen molar-refractivity contribution in [3.8, 4) is 17.2 Å². The second-order valence-corrected chi connectivity index (χ2v) is 12.5. The van der Waals surface area contributed by atoms with Gasteiger partial charge in [0.1, 0.15) is 17.8 Å². The van der Waals surface area contributed by atoms with E-state index in [1.807, 2.05) is 6.07 Å². The summed E-state index contributed by atoms with van der Waals surface area (Å²) in [5, 5.41) is 25.7. The molecule has 0 aliphatic heterocycles. The SMILES string of the molecule is CC(C)(F)C[C@H](N[C@@H](c1ccc(-c2ccc(S(C)(=O)=O)cc2)cc1)C(F)(F)F)C(=O)N[C@H](C#N)Cc1ccc[n+]([O-])c1. The van der Waals surface area contributed by atoms with E-state index in [0.717, 1.165) is 20.1 Å². The zero-order valence-corrected chi connectivity index (χ0v) is 23.8. The number of aromatic nitrogens is 1. The highest BCUT2D eigenvalue weighted by Crippen LogP contribution is 2.35. The number of amides is 1. The number of hydrogen-bond acceptors (Lipinski definition) is 6. The summed E-state index contributed by atoms with van der Waals surface area (Å²) in [6, 6.07) is 10.8. The summed E-state index contributed by atoms with van der Waals surface area (Å²) in [6.45, 7) is 2.25. The summed E-state index contributed by atoms with van der Waals surface area (Å²) < 4.78 is 81.4. The highest BCUT2D eigenvalue weighted by molar-refractivity contribution is 7.90. The first-order chi connectivity index (χ1) is 19.5. The van der Waals surface area contributed by atoms with Crippen molar-refractivity contribution in [3.63, 3.8) is 0 Å². The topological polar surface area (TPSA) is 126 Å². The van der Waals surface area contributed by atoms with Crippen molar-refractivity contribution in [1.29, 1.82) is 5.26 Å². The molecule has 224 valence electrons. The standard InChI is InChI=1S/C29H30F4N4O4S/c1-28(2,30)16-25(27(38)35-23(17-34)15-19-5-4-14-37(39)18-19)36-26(29(31,32)33)22-8-6-20(7-9-22)21-10-12-24(13-11-21)42(3,40)41/h4-14,18,23,25-26,36H,15-16H2,1-3H3,(H,35,38)/t23-,25-,26-/m0/s1. The lowest BCUT2D eigenvalue weighted by Gasteiger charge is -2.30. The van der Waals surface area contributed by atoms with Gasteiger partial charge in [-0.15, -0.1) is 0 Å². The molecule has 1 heterocycles. The molecule has 42 heavy (non-hydrogen) atoms. The molecule has 0 bridgehead atoms. The van der Waals surface area contributed by atoms with E-state index in [1.165, 1.54) is 67.0 Å². The number of rotatable bonds is 11. The Morgan fingerprint density at radius 2 is 1.60 bits per heavy atom. The van der Waals surface area contributed by atoms with Gasteiger partial charge in [0, 0.05) is 30.7 Å². The normalized spacial score (nSPS) is 14.4. The summed E-state index contributed by atoms with van der Waals surface area (Å²) in [6.07, 6.45) is -2.11. The molecule has 8 nitrogen and oxygen atoms in total. The molecule has 1 aromatic heterocycles. The minimum Gasteiger partial charge on any atom is -0.619 e. The number of nitriles is 1. The van der Waals surface area contributed by atoms with E-state index in [0.29, 0.717) is 21.4 Å². The molecule has 0 saturated heterocycles. The lowest BCUT2D eigenvalue weighted by atomic mass is 9.96. The average molecular weight is 607 g/mol. The Bertz CT molecular complexity index is 1530. The quantitative estimate of drug-likeness (QED) is 0.190. The van der Waals surface area contributed by atoms with Crippen molar-refractivity contribution in [2.75, 3.05) is 6.26 Å². The summed E-state index contributed by atoms with van der Waals surface area (Å²) >= 11 is 0. The fraction of sp³-hybridized carbons (Fsp3) is 0.345. The zero-order chi connectivity index (χ0) is 31.3. The Morgan fingerprint density at radius 1 is 1.02 bits per heavy atom. The number of halogens is 4. The Kier molecular flexibility index (Phi) is 9.96. The number of carbonyl (C=O) groups is 1. The van der Waals surface area contributed by atoms with Crippen LogP contribution in [0, 0.1) is 16.5 Å². The van der Waals surface area contributed by atoms with E-state index in [4.69, 9.17) is 0 Å². The van der Waals surface area contributed by atoms with E-state index in [1.54, 1.807) is 6.07 Å². The number of nitrogens with zero attached hydrogens (tertiary/aromatic N) is 2. The van der Waals surface area contributed by atoms with Crippen molar-refractivity contribution in [2.24, 2.45) is 0 Å². The summed E-state index contributed by atoms with van der Waals surface area (Å²) in [4.78, 5) is 13.2. The number of pyridine rings is 1. The molecule has 0 radical (unpaired) electrons. The Balaban J connectivity index is 1.85. The molecule has 0 aliphatic rings. The number of hydrogen-bond donors (Lipinski definition) is 2. The molecule has 0 spiro atoms. The summed E-state index contributed by atoms with van der Waals surface area (Å²) in [5.74, 6) is -1.00. The van der Waals surface area contributed by atoms with Crippen LogP contribution in [0.3, 0.4) is 0 Å². The first-order valence-corrected chi connectivity index (χ1v) is 14.7. The Morgan fingerprint density at radius 3 is 2.07 bits per heavy atom. The van der Waals surface area contributed by atoms with Gasteiger partial charge in [-0.05, 0) is 48.7 Å². The molecule has 13 heteroatoms. The van der Waals surface area contributed by atoms with E-state index in [9.17, 15) is 41.2 Å². The second kappa shape index (κ2) is 12.9. The van der Waals surface area contributed by atoms with Crippen LogP contribution in [0.2, 0.25) is 0 Å². The third-order valence-corrected chi connectivity index (χ3v) is 7.44. The van der Waals surface area contributed by atoms with Crippen LogP contribution in [0.5, 0.6) is 0 Å². The van der Waals surface area contributed by atoms with Crippen LogP contribution in [0.4, 0.5) is 17.6 Å². The van der Waals surface area contributed by atoms with Crippen LogP contribution in [0.15, 0.2) is 78.0 Å². The maximum atomic E-state index is 14.7. The lowest BCUT2D eigenvalue weighted by Crippen LogP contribution is -2.53. The molecule has 0 fully saturated rings. The zero-order valence-electron chi connectivity index (χ0n) is 23.0. The Labute approximate surface area is 241 Å². The fourth-order valence-corrected chi connectivity index (χ4v) is 4.95. The number of benzene rings is 2. The molecule has 3 rings (SSSR count). The number of sulfone groups is 1. The summed E-state index contributed by atoms with van der Waals surface area (Å²) in [7, 11) is -3.42. The van der Waals surface area contributed by atoms with Gasteiger partial charge in [0.05, 0.1) is 17.0 Å². The van der Waals surface area contributed by atoms with Gasteiger partial charge in [-0.1, -0.05) is 36.4 Å². The molecule has 0 saturated carbocycles. The number of carbonyl (C=O) groups excluding carboxylic acids is 1. The van der Waals surface area contributed by atoms with Crippen LogP contribution in [-0.4, -0.2) is 44.5 Å². The highest BCUT2D eigenvalue weighted by atomic mass is 32.2. The first-order valence-electron chi connectivity index (χ1n) is 12.8. The van der Waals surface area contributed by atoms with Crippen molar-refractivity contribution >= 4 is 15.7 Å². The van der Waals surface area contributed by atoms with Gasteiger partial charge in [0.2, 0.25) is 5.91 Å². The van der Waals surface area contributed by atoms with E-state index in [2.05, 4.69) is 10.6 Å². The predicted octanol–water partition coefficient (Wildman–Crippen LogP) is 4.34. The maximum absolute atomic E-state index is 14.7. The number of nitrogens with one attached hydrogen (secondary N) is 2. The fourth-order valence-electron chi connectivity index (χ4n) is 4.31. The lowest BCUT2D eigenvalue weighted by molar-refractivity contribution is -0.605. The van der Waals surface area contributed by atoms with Gasteiger partial charge in [0.15, 0.2) is 22.2 Å². The minimum absolute atomic E-state index is 0.0909. The van der Waals surface area contributed by atoms with Crippen LogP contribution in [0.1, 0.15) is 37.4 Å². The third kappa shape index (κ3) is 9.25. The first kappa shape index (κ1) is 32.5. The molecule has 2 aromatic carbocycles. The molecule has 3 atom stereocenters. The maximum Gasteiger partial charge on any atom is 0.407 e.